The number of anilines is 1. The fourth-order valence-electron chi connectivity index (χ4n) is 3.39. The van der Waals surface area contributed by atoms with Gasteiger partial charge >= 0.3 is 5.69 Å². The normalized spacial score (nSPS) is 11.3. The summed E-state index contributed by atoms with van der Waals surface area (Å²) in [6.07, 6.45) is 3.16. The highest BCUT2D eigenvalue weighted by Gasteiger charge is 2.15. The minimum atomic E-state index is -0.492. The van der Waals surface area contributed by atoms with Crippen LogP contribution in [0.25, 0.3) is 10.9 Å². The molecule has 4 rings (SSSR count). The van der Waals surface area contributed by atoms with E-state index in [-0.39, 0.29) is 11.5 Å². The molecule has 2 aromatic heterocycles. The van der Waals surface area contributed by atoms with Crippen molar-refractivity contribution in [3.63, 3.8) is 0 Å². The zero-order valence-corrected chi connectivity index (χ0v) is 16.9. The summed E-state index contributed by atoms with van der Waals surface area (Å²) in [5, 5.41) is 17.1. The third-order valence-corrected chi connectivity index (χ3v) is 5.13. The molecule has 150 valence electrons. The molecule has 0 aliphatic rings. The van der Waals surface area contributed by atoms with Crippen LogP contribution < -0.4 is 5.43 Å². The largest absolute Gasteiger partial charge is 0.340 e. The van der Waals surface area contributed by atoms with Gasteiger partial charge in [-0.1, -0.05) is 41.9 Å². The van der Waals surface area contributed by atoms with Gasteiger partial charge in [0.1, 0.15) is 0 Å². The van der Waals surface area contributed by atoms with Crippen LogP contribution in [0.2, 0.25) is 5.02 Å². The lowest BCUT2D eigenvalue weighted by Gasteiger charge is -2.09. The van der Waals surface area contributed by atoms with Gasteiger partial charge in [-0.3, -0.25) is 15.5 Å². The van der Waals surface area contributed by atoms with Crippen LogP contribution in [-0.2, 0) is 6.54 Å². The molecule has 4 aromatic rings. The minimum Gasteiger partial charge on any atom is -0.340 e. The Balaban J connectivity index is 1.68. The van der Waals surface area contributed by atoms with Gasteiger partial charge in [-0.25, -0.2) is 4.98 Å². The number of hydrogen-bond donors (Lipinski definition) is 1. The molecule has 0 saturated carbocycles. The van der Waals surface area contributed by atoms with Crippen LogP contribution in [0.3, 0.4) is 0 Å². The lowest BCUT2D eigenvalue weighted by molar-refractivity contribution is -0.384. The molecule has 8 heteroatoms. The lowest BCUT2D eigenvalue weighted by atomic mass is 10.1. The predicted molar refractivity (Wildman–Crippen MR) is 119 cm³/mol. The van der Waals surface area contributed by atoms with E-state index in [0.717, 1.165) is 27.7 Å². The molecule has 2 aromatic carbocycles. The summed E-state index contributed by atoms with van der Waals surface area (Å²) in [7, 11) is 0. The summed E-state index contributed by atoms with van der Waals surface area (Å²) in [6.45, 7) is 2.72. The number of hydrazone groups is 1. The van der Waals surface area contributed by atoms with Crippen LogP contribution in [0.5, 0.6) is 0 Å². The monoisotopic (exact) mass is 419 g/mol. The van der Waals surface area contributed by atoms with Crippen LogP contribution in [0.1, 0.15) is 16.8 Å². The standard InChI is InChI=1S/C22H18ClN5O2/c1-15-19(13-25-26-22-21(28(29)30)7-4-12-24-22)18-5-2-3-6-20(18)27(15)14-16-8-10-17(23)11-9-16/h2-13H,14H2,1H3,(H,24,26)/b25-13-. The molecule has 0 aliphatic carbocycles. The predicted octanol–water partition coefficient (Wildman–Crippen LogP) is 5.40. The Morgan fingerprint density at radius 1 is 1.17 bits per heavy atom. The second-order valence-corrected chi connectivity index (χ2v) is 7.16. The molecule has 0 unspecified atom stereocenters. The zero-order chi connectivity index (χ0) is 21.1. The van der Waals surface area contributed by atoms with Gasteiger partial charge in [0.2, 0.25) is 5.82 Å². The number of nitro groups is 1. The number of hydrogen-bond acceptors (Lipinski definition) is 5. The van der Waals surface area contributed by atoms with Crippen molar-refractivity contribution in [2.75, 3.05) is 5.43 Å². The lowest BCUT2D eigenvalue weighted by Crippen LogP contribution is -2.02. The highest BCUT2D eigenvalue weighted by atomic mass is 35.5. The van der Waals surface area contributed by atoms with Gasteiger partial charge in [-0.15, -0.1) is 0 Å². The number of pyridine rings is 1. The maximum absolute atomic E-state index is 11.1. The van der Waals surface area contributed by atoms with Crippen LogP contribution >= 0.6 is 11.6 Å². The molecule has 0 fully saturated rings. The van der Waals surface area contributed by atoms with Crippen molar-refractivity contribution < 1.29 is 4.92 Å². The van der Waals surface area contributed by atoms with Crippen LogP contribution in [-0.4, -0.2) is 20.7 Å². The highest BCUT2D eigenvalue weighted by Crippen LogP contribution is 2.26. The number of benzene rings is 2. The number of nitrogens with one attached hydrogen (secondary N) is 1. The second-order valence-electron chi connectivity index (χ2n) is 6.73. The third kappa shape index (κ3) is 3.88. The van der Waals surface area contributed by atoms with Crippen LogP contribution in [0.15, 0.2) is 72.0 Å². The van der Waals surface area contributed by atoms with Gasteiger partial charge in [0, 0.05) is 46.0 Å². The molecule has 0 saturated heterocycles. The SMILES string of the molecule is Cc1c(/C=N\Nc2ncccc2[N+](=O)[O-])c2ccccc2n1Cc1ccc(Cl)cc1. The Kier molecular flexibility index (Phi) is 5.45. The summed E-state index contributed by atoms with van der Waals surface area (Å²) < 4.78 is 2.21. The van der Waals surface area contributed by atoms with Gasteiger partial charge in [0.25, 0.3) is 0 Å². The third-order valence-electron chi connectivity index (χ3n) is 4.88. The molecule has 0 radical (unpaired) electrons. The molecule has 0 amide bonds. The number of rotatable bonds is 6. The first-order chi connectivity index (χ1) is 14.5. The van der Waals surface area contributed by atoms with Crippen molar-refractivity contribution in [1.29, 1.82) is 0 Å². The van der Waals surface area contributed by atoms with Gasteiger partial charge < -0.3 is 4.57 Å². The van der Waals surface area contributed by atoms with E-state index in [1.807, 2.05) is 49.4 Å². The molecule has 30 heavy (non-hydrogen) atoms. The van der Waals surface area contributed by atoms with E-state index in [9.17, 15) is 10.1 Å². The van der Waals surface area contributed by atoms with E-state index in [1.54, 1.807) is 6.21 Å². The Morgan fingerprint density at radius 2 is 1.93 bits per heavy atom. The number of fused-ring (bicyclic) bond motifs is 1. The Morgan fingerprint density at radius 3 is 2.70 bits per heavy atom. The summed E-state index contributed by atoms with van der Waals surface area (Å²) in [4.78, 5) is 14.7. The van der Waals surface area contributed by atoms with Crippen molar-refractivity contribution >= 4 is 40.2 Å². The molecule has 7 nitrogen and oxygen atoms in total. The molecule has 0 spiro atoms. The summed E-state index contributed by atoms with van der Waals surface area (Å²) in [5.41, 5.74) is 6.75. The minimum absolute atomic E-state index is 0.0984. The number of aromatic nitrogens is 2. The van der Waals surface area contributed by atoms with Gasteiger partial charge in [-0.2, -0.15) is 5.10 Å². The maximum atomic E-state index is 11.1. The maximum Gasteiger partial charge on any atom is 0.313 e. The van der Waals surface area contributed by atoms with E-state index in [4.69, 9.17) is 11.6 Å². The number of nitrogens with zero attached hydrogens (tertiary/aromatic N) is 4. The van der Waals surface area contributed by atoms with Crippen molar-refractivity contribution in [3.8, 4) is 0 Å². The topological polar surface area (TPSA) is 85.3 Å². The quantitative estimate of drug-likeness (QED) is 0.257. The Labute approximate surface area is 177 Å². The van der Waals surface area contributed by atoms with Crippen molar-refractivity contribution in [1.82, 2.24) is 9.55 Å². The molecule has 2 heterocycles. The molecule has 0 atom stereocenters. The number of halogens is 1. The average Bonchev–Trinajstić information content (AvgIpc) is 3.01. The molecule has 0 aliphatic heterocycles. The molecular weight excluding hydrogens is 402 g/mol. The zero-order valence-electron chi connectivity index (χ0n) is 16.1. The Bertz CT molecular complexity index is 1250. The molecular formula is C22H18ClN5O2. The van der Waals surface area contributed by atoms with Gasteiger partial charge in [0.15, 0.2) is 0 Å². The smallest absolute Gasteiger partial charge is 0.313 e. The van der Waals surface area contributed by atoms with Crippen LogP contribution in [0.4, 0.5) is 11.5 Å². The average molecular weight is 420 g/mol. The summed E-state index contributed by atoms with van der Waals surface area (Å²) in [5.74, 6) is 0.0984. The Hall–Kier alpha value is -3.71. The fourth-order valence-corrected chi connectivity index (χ4v) is 3.51. The van der Waals surface area contributed by atoms with Crippen molar-refractivity contribution in [2.24, 2.45) is 5.10 Å². The van der Waals surface area contributed by atoms with E-state index in [0.29, 0.717) is 11.6 Å². The molecule has 1 N–H and O–H groups in total. The first-order valence-electron chi connectivity index (χ1n) is 9.25. The summed E-state index contributed by atoms with van der Waals surface area (Å²) in [6, 6.07) is 18.7. The van der Waals surface area contributed by atoms with E-state index >= 15 is 0 Å². The molecule has 0 bridgehead atoms. The van der Waals surface area contributed by atoms with Gasteiger partial charge in [-0.05, 0) is 36.8 Å². The first kappa shape index (κ1) is 19.6. The fraction of sp³-hybridized carbons (Fsp3) is 0.0909. The second kappa shape index (κ2) is 8.34. The van der Waals surface area contributed by atoms with E-state index in [1.165, 1.54) is 18.3 Å². The highest BCUT2D eigenvalue weighted by molar-refractivity contribution is 6.30. The van der Waals surface area contributed by atoms with Crippen molar-refractivity contribution in [2.45, 2.75) is 13.5 Å². The van der Waals surface area contributed by atoms with Crippen LogP contribution in [0, 0.1) is 17.0 Å². The first-order valence-corrected chi connectivity index (χ1v) is 9.63. The van der Waals surface area contributed by atoms with E-state index in [2.05, 4.69) is 26.1 Å². The van der Waals surface area contributed by atoms with Crippen molar-refractivity contribution in [3.05, 3.63) is 98.8 Å². The summed E-state index contributed by atoms with van der Waals surface area (Å²) >= 11 is 6.01. The van der Waals surface area contributed by atoms with E-state index < -0.39 is 4.92 Å². The number of para-hydroxylation sites is 1. The van der Waals surface area contributed by atoms with Gasteiger partial charge in [0.05, 0.1) is 11.1 Å².